The van der Waals surface area contributed by atoms with Crippen molar-refractivity contribution >= 4 is 34.8 Å². The molecule has 0 aliphatic heterocycles. The lowest BCUT2D eigenvalue weighted by molar-refractivity contribution is 0.213. The Kier molecular flexibility index (Phi) is 7.86. The number of hydrogen-bond donors (Lipinski definition) is 1. The topological polar surface area (TPSA) is 15.3 Å². The van der Waals surface area contributed by atoms with Gasteiger partial charge in [0.25, 0.3) is 0 Å². The zero-order valence-corrected chi connectivity index (χ0v) is 16.3. The molecule has 2 rings (SSSR count). The van der Waals surface area contributed by atoms with Crippen LogP contribution in [-0.4, -0.2) is 24.5 Å². The van der Waals surface area contributed by atoms with E-state index in [4.69, 9.17) is 34.8 Å². The van der Waals surface area contributed by atoms with Gasteiger partial charge in [-0.3, -0.25) is 4.90 Å². The highest BCUT2D eigenvalue weighted by molar-refractivity contribution is 6.35. The Morgan fingerprint density at radius 2 is 1.67 bits per heavy atom. The van der Waals surface area contributed by atoms with E-state index in [-0.39, 0.29) is 6.04 Å². The van der Waals surface area contributed by atoms with Gasteiger partial charge in [-0.25, -0.2) is 0 Å². The molecule has 2 nitrogen and oxygen atoms in total. The number of halogens is 3. The fourth-order valence-electron chi connectivity index (χ4n) is 2.85. The third kappa shape index (κ3) is 5.11. The van der Waals surface area contributed by atoms with Crippen LogP contribution in [0.3, 0.4) is 0 Å². The molecular weight excluding hydrogens is 363 g/mol. The number of benzene rings is 2. The number of rotatable bonds is 8. The molecule has 1 atom stereocenters. The fraction of sp³-hybridized carbons (Fsp3) is 0.368. The Balaban J connectivity index is 2.10. The first-order valence-corrected chi connectivity index (χ1v) is 9.33. The van der Waals surface area contributed by atoms with Gasteiger partial charge in [0.15, 0.2) is 0 Å². The molecule has 0 fully saturated rings. The molecule has 0 aliphatic rings. The van der Waals surface area contributed by atoms with Gasteiger partial charge >= 0.3 is 0 Å². The highest BCUT2D eigenvalue weighted by Crippen LogP contribution is 2.27. The van der Waals surface area contributed by atoms with Gasteiger partial charge in [-0.05, 0) is 42.4 Å². The van der Waals surface area contributed by atoms with Crippen LogP contribution in [0, 0.1) is 0 Å². The minimum absolute atomic E-state index is 0.222. The van der Waals surface area contributed by atoms with Crippen LogP contribution in [0.4, 0.5) is 0 Å². The van der Waals surface area contributed by atoms with Crippen molar-refractivity contribution in [3.05, 3.63) is 68.7 Å². The molecule has 0 saturated carbocycles. The number of nitrogens with one attached hydrogen (secondary N) is 1. The van der Waals surface area contributed by atoms with E-state index in [2.05, 4.69) is 30.1 Å². The van der Waals surface area contributed by atoms with Gasteiger partial charge in [0, 0.05) is 34.2 Å². The molecule has 0 radical (unpaired) electrons. The van der Waals surface area contributed by atoms with E-state index < -0.39 is 0 Å². The molecule has 0 aromatic heterocycles. The van der Waals surface area contributed by atoms with Crippen LogP contribution in [-0.2, 0) is 6.54 Å². The third-order valence-corrected chi connectivity index (χ3v) is 5.12. The van der Waals surface area contributed by atoms with Crippen molar-refractivity contribution in [2.24, 2.45) is 0 Å². The summed E-state index contributed by atoms with van der Waals surface area (Å²) in [6.45, 7) is 7.76. The van der Waals surface area contributed by atoms with Crippen molar-refractivity contribution in [3.63, 3.8) is 0 Å². The molecule has 0 saturated heterocycles. The van der Waals surface area contributed by atoms with Crippen LogP contribution in [0.2, 0.25) is 15.1 Å². The summed E-state index contributed by atoms with van der Waals surface area (Å²) in [7, 11) is 0. The Morgan fingerprint density at radius 3 is 2.29 bits per heavy atom. The second-order valence-electron chi connectivity index (χ2n) is 5.63. The maximum absolute atomic E-state index is 6.43. The van der Waals surface area contributed by atoms with Crippen molar-refractivity contribution in [2.45, 2.75) is 26.4 Å². The lowest BCUT2D eigenvalue weighted by Crippen LogP contribution is -2.35. The monoisotopic (exact) mass is 384 g/mol. The van der Waals surface area contributed by atoms with Crippen molar-refractivity contribution < 1.29 is 0 Å². The maximum atomic E-state index is 6.43. The summed E-state index contributed by atoms with van der Waals surface area (Å²) in [4.78, 5) is 2.40. The minimum Gasteiger partial charge on any atom is -0.311 e. The summed E-state index contributed by atoms with van der Waals surface area (Å²) in [5.41, 5.74) is 2.19. The van der Waals surface area contributed by atoms with Crippen LogP contribution in [0.5, 0.6) is 0 Å². The first kappa shape index (κ1) is 19.6. The third-order valence-electron chi connectivity index (χ3n) is 4.19. The Labute approximate surface area is 159 Å². The highest BCUT2D eigenvalue weighted by atomic mass is 35.5. The van der Waals surface area contributed by atoms with Gasteiger partial charge < -0.3 is 5.32 Å². The number of hydrogen-bond acceptors (Lipinski definition) is 2. The molecule has 130 valence electrons. The van der Waals surface area contributed by atoms with E-state index in [9.17, 15) is 0 Å². The van der Waals surface area contributed by atoms with Gasteiger partial charge in [0.1, 0.15) is 0 Å². The predicted molar refractivity (Wildman–Crippen MR) is 105 cm³/mol. The standard InChI is InChI=1S/C19H23Cl3N2/c1-3-24(4-2)19(16-7-5-6-8-17(16)21)13-23-12-14-9-10-15(20)11-18(14)22/h5-11,19,23H,3-4,12-13H2,1-2H3. The molecule has 1 N–H and O–H groups in total. The normalized spacial score (nSPS) is 12.6. The fourth-order valence-corrected chi connectivity index (χ4v) is 3.59. The van der Waals surface area contributed by atoms with E-state index in [0.717, 1.165) is 35.8 Å². The van der Waals surface area contributed by atoms with Crippen LogP contribution >= 0.6 is 34.8 Å². The molecule has 0 spiro atoms. The van der Waals surface area contributed by atoms with Crippen molar-refractivity contribution in [2.75, 3.05) is 19.6 Å². The van der Waals surface area contributed by atoms with Crippen LogP contribution in [0.1, 0.15) is 31.0 Å². The summed E-state index contributed by atoms with van der Waals surface area (Å²) in [5, 5.41) is 5.66. The second kappa shape index (κ2) is 9.65. The van der Waals surface area contributed by atoms with Crippen LogP contribution in [0.25, 0.3) is 0 Å². The number of likely N-dealkylation sites (N-methyl/N-ethyl adjacent to an activating group) is 1. The summed E-state index contributed by atoms with van der Waals surface area (Å²) < 4.78 is 0. The van der Waals surface area contributed by atoms with E-state index >= 15 is 0 Å². The first-order valence-electron chi connectivity index (χ1n) is 8.19. The van der Waals surface area contributed by atoms with Gasteiger partial charge in [-0.2, -0.15) is 0 Å². The molecule has 5 heteroatoms. The molecular formula is C19H23Cl3N2. The van der Waals surface area contributed by atoms with Crippen molar-refractivity contribution in [1.29, 1.82) is 0 Å². The molecule has 24 heavy (non-hydrogen) atoms. The van der Waals surface area contributed by atoms with E-state index in [0.29, 0.717) is 16.6 Å². The van der Waals surface area contributed by atoms with E-state index in [1.165, 1.54) is 0 Å². The van der Waals surface area contributed by atoms with Crippen molar-refractivity contribution in [1.82, 2.24) is 10.2 Å². The Hall–Kier alpha value is -0.770. The lowest BCUT2D eigenvalue weighted by atomic mass is 10.0. The van der Waals surface area contributed by atoms with E-state index in [1.807, 2.05) is 30.3 Å². The Morgan fingerprint density at radius 1 is 0.958 bits per heavy atom. The molecule has 2 aromatic carbocycles. The summed E-state index contributed by atoms with van der Waals surface area (Å²) in [5.74, 6) is 0. The van der Waals surface area contributed by atoms with Crippen molar-refractivity contribution in [3.8, 4) is 0 Å². The van der Waals surface area contributed by atoms with Crippen LogP contribution < -0.4 is 5.32 Å². The minimum atomic E-state index is 0.222. The van der Waals surface area contributed by atoms with Gasteiger partial charge in [0.05, 0.1) is 0 Å². The van der Waals surface area contributed by atoms with Gasteiger partial charge in [-0.1, -0.05) is 72.9 Å². The first-order chi connectivity index (χ1) is 11.6. The number of nitrogens with zero attached hydrogens (tertiary/aromatic N) is 1. The SMILES string of the molecule is CCN(CC)C(CNCc1ccc(Cl)cc1Cl)c1ccccc1Cl. The zero-order valence-electron chi connectivity index (χ0n) is 14.0. The quantitative estimate of drug-likeness (QED) is 0.616. The average Bonchev–Trinajstić information content (AvgIpc) is 2.57. The summed E-state index contributed by atoms with van der Waals surface area (Å²) >= 11 is 18.6. The largest absolute Gasteiger partial charge is 0.311 e. The summed E-state index contributed by atoms with van der Waals surface area (Å²) in [6.07, 6.45) is 0. The average molecular weight is 386 g/mol. The molecule has 0 bridgehead atoms. The van der Waals surface area contributed by atoms with E-state index in [1.54, 1.807) is 6.07 Å². The predicted octanol–water partition coefficient (Wildman–Crippen LogP) is 5.82. The Bertz CT molecular complexity index is 657. The maximum Gasteiger partial charge on any atom is 0.0487 e. The molecule has 1 unspecified atom stereocenters. The molecule has 0 heterocycles. The lowest BCUT2D eigenvalue weighted by Gasteiger charge is -2.31. The summed E-state index contributed by atoms with van der Waals surface area (Å²) in [6, 6.07) is 13.9. The van der Waals surface area contributed by atoms with Gasteiger partial charge in [-0.15, -0.1) is 0 Å². The smallest absolute Gasteiger partial charge is 0.0487 e. The van der Waals surface area contributed by atoms with Gasteiger partial charge in [0.2, 0.25) is 0 Å². The second-order valence-corrected chi connectivity index (χ2v) is 6.88. The highest BCUT2D eigenvalue weighted by Gasteiger charge is 2.19. The molecule has 2 aromatic rings. The zero-order chi connectivity index (χ0) is 17.5. The molecule has 0 amide bonds. The molecule has 0 aliphatic carbocycles. The van der Waals surface area contributed by atoms with Crippen LogP contribution in [0.15, 0.2) is 42.5 Å².